The lowest BCUT2D eigenvalue weighted by atomic mass is 10.1. The van der Waals surface area contributed by atoms with E-state index in [2.05, 4.69) is 20.7 Å². The van der Waals surface area contributed by atoms with Gasteiger partial charge < -0.3 is 4.74 Å². The Morgan fingerprint density at radius 1 is 1.38 bits per heavy atom. The number of Topliss-reactive ketones (excluding diaryl/α,β-unsaturated/α-hetero) is 1. The van der Waals surface area contributed by atoms with Crippen molar-refractivity contribution in [2.45, 2.75) is 6.92 Å². The fourth-order valence-corrected chi connectivity index (χ4v) is 1.44. The maximum absolute atomic E-state index is 12.9. The van der Waals surface area contributed by atoms with Crippen LogP contribution in [0.5, 0.6) is 0 Å². The average Bonchev–Trinajstić information content (AvgIpc) is 2.24. The van der Waals surface area contributed by atoms with Gasteiger partial charge in [-0.2, -0.15) is 0 Å². The number of ketones is 1. The lowest BCUT2D eigenvalue weighted by Gasteiger charge is -2.03. The number of rotatable bonds is 3. The molecular weight excluding hydrogens is 286 g/mol. The van der Waals surface area contributed by atoms with Gasteiger partial charge in [0.2, 0.25) is 0 Å². The third-order valence-electron chi connectivity index (χ3n) is 1.71. The van der Waals surface area contributed by atoms with E-state index >= 15 is 0 Å². The van der Waals surface area contributed by atoms with Crippen molar-refractivity contribution in [1.29, 1.82) is 0 Å². The van der Waals surface area contributed by atoms with Crippen molar-refractivity contribution in [3.63, 3.8) is 0 Å². The van der Waals surface area contributed by atoms with Crippen LogP contribution >= 0.6 is 15.9 Å². The second kappa shape index (κ2) is 5.16. The predicted molar refractivity (Wildman–Crippen MR) is 55.0 cm³/mol. The molecule has 0 bridgehead atoms. The van der Waals surface area contributed by atoms with Gasteiger partial charge in [0.1, 0.15) is 0 Å². The van der Waals surface area contributed by atoms with Gasteiger partial charge in [-0.05, 0) is 35.0 Å². The van der Waals surface area contributed by atoms with Gasteiger partial charge in [-0.1, -0.05) is 0 Å². The number of benzene rings is 1. The molecule has 0 spiro atoms. The molecule has 0 atom stereocenters. The highest BCUT2D eigenvalue weighted by atomic mass is 79.9. The van der Waals surface area contributed by atoms with Crippen LogP contribution < -0.4 is 0 Å². The lowest BCUT2D eigenvalue weighted by Crippen LogP contribution is -2.17. The van der Waals surface area contributed by atoms with Crippen LogP contribution in [-0.2, 0) is 9.53 Å². The van der Waals surface area contributed by atoms with Crippen LogP contribution in [0.1, 0.15) is 17.3 Å². The summed E-state index contributed by atoms with van der Waals surface area (Å²) in [6, 6.07) is 1.68. The molecule has 0 aliphatic heterocycles. The molecule has 0 saturated heterocycles. The highest BCUT2D eigenvalue weighted by Crippen LogP contribution is 2.20. The molecule has 0 radical (unpaired) electrons. The zero-order valence-corrected chi connectivity index (χ0v) is 9.81. The smallest absolute Gasteiger partial charge is 0.379 e. The molecule has 0 aromatic heterocycles. The van der Waals surface area contributed by atoms with Gasteiger partial charge in [-0.15, -0.1) is 0 Å². The Hall–Kier alpha value is -1.30. The van der Waals surface area contributed by atoms with Crippen LogP contribution in [0.2, 0.25) is 0 Å². The van der Waals surface area contributed by atoms with Crippen molar-refractivity contribution in [3.05, 3.63) is 33.8 Å². The largest absolute Gasteiger partial charge is 0.460 e. The Morgan fingerprint density at radius 3 is 2.50 bits per heavy atom. The van der Waals surface area contributed by atoms with E-state index in [0.29, 0.717) is 6.07 Å². The van der Waals surface area contributed by atoms with E-state index in [9.17, 15) is 18.4 Å². The first-order chi connectivity index (χ1) is 7.47. The quantitative estimate of drug-likeness (QED) is 0.372. The fraction of sp³-hybridized carbons (Fsp3) is 0.200. The fourth-order valence-electron chi connectivity index (χ4n) is 1.00. The standard InChI is InChI=1S/C10H7BrF2O3/c1-2-16-10(15)9(14)5-3-6(11)8(13)7(12)4-5/h3-4H,2H2,1H3. The first-order valence-electron chi connectivity index (χ1n) is 4.33. The Kier molecular flexibility index (Phi) is 4.12. The molecule has 1 aromatic rings. The number of halogens is 3. The second-order valence-corrected chi connectivity index (χ2v) is 3.66. The molecule has 16 heavy (non-hydrogen) atoms. The second-order valence-electron chi connectivity index (χ2n) is 2.80. The summed E-state index contributed by atoms with van der Waals surface area (Å²) >= 11 is 2.73. The maximum Gasteiger partial charge on any atom is 0.379 e. The zero-order chi connectivity index (χ0) is 12.3. The summed E-state index contributed by atoms with van der Waals surface area (Å²) in [5, 5.41) is 0. The molecule has 1 rings (SSSR count). The van der Waals surface area contributed by atoms with E-state index in [-0.39, 0.29) is 16.6 Å². The van der Waals surface area contributed by atoms with E-state index in [1.54, 1.807) is 0 Å². The topological polar surface area (TPSA) is 43.4 Å². The molecule has 3 nitrogen and oxygen atoms in total. The first-order valence-corrected chi connectivity index (χ1v) is 5.12. The monoisotopic (exact) mass is 292 g/mol. The van der Waals surface area contributed by atoms with Crippen LogP contribution in [-0.4, -0.2) is 18.4 Å². The Morgan fingerprint density at radius 2 is 2.00 bits per heavy atom. The molecule has 0 aliphatic carbocycles. The van der Waals surface area contributed by atoms with Gasteiger partial charge in [-0.25, -0.2) is 13.6 Å². The number of hydrogen-bond acceptors (Lipinski definition) is 3. The lowest BCUT2D eigenvalue weighted by molar-refractivity contribution is -0.137. The number of ether oxygens (including phenoxy) is 1. The van der Waals surface area contributed by atoms with Gasteiger partial charge in [0.05, 0.1) is 11.1 Å². The molecule has 0 saturated carbocycles. The van der Waals surface area contributed by atoms with E-state index < -0.39 is 23.4 Å². The number of hydrogen-bond donors (Lipinski definition) is 0. The van der Waals surface area contributed by atoms with Gasteiger partial charge in [0, 0.05) is 5.56 Å². The molecule has 0 N–H and O–H groups in total. The molecular formula is C10H7BrF2O3. The van der Waals surface area contributed by atoms with Crippen molar-refractivity contribution in [1.82, 2.24) is 0 Å². The van der Waals surface area contributed by atoms with Crippen LogP contribution in [0.3, 0.4) is 0 Å². The summed E-state index contributed by atoms with van der Waals surface area (Å²) in [5.74, 6) is -4.43. The molecule has 0 unspecified atom stereocenters. The van der Waals surface area contributed by atoms with Crippen molar-refractivity contribution in [2.75, 3.05) is 6.61 Å². The van der Waals surface area contributed by atoms with E-state index in [4.69, 9.17) is 0 Å². The van der Waals surface area contributed by atoms with Gasteiger partial charge >= 0.3 is 5.97 Å². The minimum atomic E-state index is -1.21. The molecule has 86 valence electrons. The van der Waals surface area contributed by atoms with Crippen molar-refractivity contribution in [2.24, 2.45) is 0 Å². The van der Waals surface area contributed by atoms with Crippen molar-refractivity contribution < 1.29 is 23.1 Å². The third kappa shape index (κ3) is 2.63. The summed E-state index contributed by atoms with van der Waals surface area (Å²) in [4.78, 5) is 22.4. The summed E-state index contributed by atoms with van der Waals surface area (Å²) in [5.41, 5.74) is -0.260. The Bertz CT molecular complexity index is 423. The van der Waals surface area contributed by atoms with Crippen LogP contribution in [0, 0.1) is 11.6 Å². The van der Waals surface area contributed by atoms with Crippen molar-refractivity contribution in [3.8, 4) is 0 Å². The molecule has 6 heteroatoms. The summed E-state index contributed by atoms with van der Waals surface area (Å²) in [6.45, 7) is 1.57. The summed E-state index contributed by atoms with van der Waals surface area (Å²) in [6.07, 6.45) is 0. The highest BCUT2D eigenvalue weighted by Gasteiger charge is 2.20. The van der Waals surface area contributed by atoms with Crippen LogP contribution in [0.25, 0.3) is 0 Å². The number of carbonyl (C=O) groups is 2. The zero-order valence-electron chi connectivity index (χ0n) is 8.22. The first kappa shape index (κ1) is 12.8. The van der Waals surface area contributed by atoms with Crippen molar-refractivity contribution >= 4 is 27.7 Å². The predicted octanol–water partition coefficient (Wildman–Crippen LogP) is 2.47. The Labute approximate surface area is 98.5 Å². The molecule has 0 fully saturated rings. The minimum absolute atomic E-state index is 0.0371. The SMILES string of the molecule is CCOC(=O)C(=O)c1cc(F)c(F)c(Br)c1. The average molecular weight is 293 g/mol. The van der Waals surface area contributed by atoms with Crippen LogP contribution in [0.4, 0.5) is 8.78 Å². The third-order valence-corrected chi connectivity index (χ3v) is 2.28. The molecule has 0 heterocycles. The highest BCUT2D eigenvalue weighted by molar-refractivity contribution is 9.10. The van der Waals surface area contributed by atoms with E-state index in [1.807, 2.05) is 0 Å². The number of esters is 1. The molecule has 0 amide bonds. The summed E-state index contributed by atoms with van der Waals surface area (Å²) < 4.78 is 30.0. The van der Waals surface area contributed by atoms with Gasteiger partial charge in [-0.3, -0.25) is 4.79 Å². The van der Waals surface area contributed by atoms with Crippen LogP contribution in [0.15, 0.2) is 16.6 Å². The maximum atomic E-state index is 12.9. The summed E-state index contributed by atoms with van der Waals surface area (Å²) in [7, 11) is 0. The normalized spacial score (nSPS) is 10.0. The van der Waals surface area contributed by atoms with Gasteiger partial charge in [0.25, 0.3) is 5.78 Å². The van der Waals surface area contributed by atoms with E-state index in [1.165, 1.54) is 6.92 Å². The molecule has 1 aromatic carbocycles. The minimum Gasteiger partial charge on any atom is -0.460 e. The molecule has 0 aliphatic rings. The van der Waals surface area contributed by atoms with E-state index in [0.717, 1.165) is 6.07 Å². The van der Waals surface area contributed by atoms with Gasteiger partial charge in [0.15, 0.2) is 11.6 Å². The Balaban J connectivity index is 3.06. The number of carbonyl (C=O) groups excluding carboxylic acids is 2.